The van der Waals surface area contributed by atoms with Crippen LogP contribution in [0, 0.1) is 6.92 Å². The van der Waals surface area contributed by atoms with E-state index in [9.17, 15) is 2.74 Å². The van der Waals surface area contributed by atoms with Gasteiger partial charge in [-0.2, -0.15) is 0 Å². The zero-order valence-electron chi connectivity index (χ0n) is 41.3. The molecule has 0 saturated heterocycles. The summed E-state index contributed by atoms with van der Waals surface area (Å²) in [5.41, 5.74) is 7.72. The predicted molar refractivity (Wildman–Crippen MR) is 250 cm³/mol. The molecule has 0 amide bonds. The third-order valence-corrected chi connectivity index (χ3v) is 12.4. The summed E-state index contributed by atoms with van der Waals surface area (Å²) in [5, 5.41) is 6.00. The van der Waals surface area contributed by atoms with Crippen LogP contribution in [0.5, 0.6) is 23.0 Å². The van der Waals surface area contributed by atoms with Crippen molar-refractivity contribution >= 4 is 88.7 Å². The highest BCUT2D eigenvalue weighted by Crippen LogP contribution is 2.44. The number of aromatic nitrogens is 2. The van der Waals surface area contributed by atoms with Crippen LogP contribution >= 0.6 is 0 Å². The average molecular weight is 790 g/mol. The molecule has 14 rings (SSSR count). The van der Waals surface area contributed by atoms with Crippen molar-refractivity contribution in [3.8, 4) is 45.5 Å². The smallest absolute Gasteiger partial charge is 0.260 e. The van der Waals surface area contributed by atoms with Crippen LogP contribution in [0.25, 0.3) is 88.1 Å². The Labute approximate surface area is 362 Å². The van der Waals surface area contributed by atoms with Gasteiger partial charge in [0.2, 0.25) is 0 Å². The summed E-state index contributed by atoms with van der Waals surface area (Å²) in [6.07, 6.45) is 0. The second kappa shape index (κ2) is 12.1. The van der Waals surface area contributed by atoms with Crippen molar-refractivity contribution in [1.29, 1.82) is 0 Å². The van der Waals surface area contributed by atoms with Crippen molar-refractivity contribution in [2.45, 2.75) is 6.92 Å². The van der Waals surface area contributed by atoms with Gasteiger partial charge < -0.3 is 23.0 Å². The van der Waals surface area contributed by atoms with E-state index in [4.69, 9.17) is 23.5 Å². The third-order valence-electron chi connectivity index (χ3n) is 12.4. The minimum Gasteiger partial charge on any atom is -0.458 e. The van der Waals surface area contributed by atoms with E-state index in [0.717, 1.165) is 55.0 Å². The summed E-state index contributed by atoms with van der Waals surface area (Å²) in [5.74, 6) is -0.538. The van der Waals surface area contributed by atoms with Crippen LogP contribution in [0.1, 0.15) is 17.9 Å². The molecule has 0 saturated carbocycles. The number of ether oxygens (including phenoxy) is 2. The molecule has 0 N–H and O–H groups in total. The van der Waals surface area contributed by atoms with Gasteiger partial charge in [-0.25, -0.2) is 0 Å². The molecule has 0 fully saturated rings. The number of hydrogen-bond acceptors (Lipinski definition) is 3. The monoisotopic (exact) mass is 789 g/mol. The predicted octanol–water partition coefficient (Wildman–Crippen LogP) is 12.5. The van der Waals surface area contributed by atoms with E-state index in [1.54, 1.807) is 6.07 Å². The minimum atomic E-state index is -1.21. The molecule has 3 aromatic heterocycles. The molecule has 61 heavy (non-hydrogen) atoms. The topological polar surface area (TPSA) is 41.5 Å². The summed E-state index contributed by atoms with van der Waals surface area (Å²) in [6.45, 7) is 0.327. The molecule has 5 nitrogen and oxygen atoms in total. The quantitative estimate of drug-likeness (QED) is 0.167. The fraction of sp³-hybridized carbons (Fsp3) is 0.0182. The van der Waals surface area contributed by atoms with Gasteiger partial charge in [0.1, 0.15) is 28.6 Å². The van der Waals surface area contributed by atoms with E-state index in [1.165, 1.54) is 17.7 Å². The SMILES string of the molecule is [2H]c1c([2H])c([2H])c2c(c1[2H])Oc1c([2H])c(-c3cccc4c3oc3c(-n5c6ccccc6c6cc(-n7c8ccccc8c8ccccc87)ccc65)cccc34)c([2H])c3c1B2c1c([2H])c([2H])c(C)c([2H])c1O3. The van der Waals surface area contributed by atoms with Gasteiger partial charge in [-0.05, 0) is 95.6 Å². The molecule has 0 aliphatic carbocycles. The average Bonchev–Trinajstić information content (AvgIpc) is 4.05. The van der Waals surface area contributed by atoms with Gasteiger partial charge in [0.05, 0.1) is 40.1 Å². The van der Waals surface area contributed by atoms with Crippen molar-refractivity contribution in [2.75, 3.05) is 0 Å². The summed E-state index contributed by atoms with van der Waals surface area (Å²) in [6, 6.07) is 40.1. The second-order valence-electron chi connectivity index (χ2n) is 15.7. The molecule has 2 aliphatic heterocycles. The molecule has 9 aromatic carbocycles. The van der Waals surface area contributed by atoms with Crippen LogP contribution in [0.15, 0.2) is 186 Å². The first-order chi connectivity index (χ1) is 33.9. The third kappa shape index (κ3) is 4.51. The lowest BCUT2D eigenvalue weighted by Gasteiger charge is -2.33. The molecule has 2 aliphatic rings. The fourth-order valence-electron chi connectivity index (χ4n) is 9.79. The number of nitrogens with zero attached hydrogens (tertiary/aromatic N) is 2. The van der Waals surface area contributed by atoms with Crippen molar-refractivity contribution in [3.05, 3.63) is 187 Å². The number of para-hydroxylation sites is 6. The van der Waals surface area contributed by atoms with Gasteiger partial charge in [0.25, 0.3) is 6.71 Å². The first kappa shape index (κ1) is 25.5. The molecule has 0 radical (unpaired) electrons. The number of fused-ring (bicyclic) bond motifs is 13. The van der Waals surface area contributed by atoms with Gasteiger partial charge in [-0.3, -0.25) is 0 Å². The molecule has 0 atom stereocenters. The van der Waals surface area contributed by atoms with Crippen LogP contribution in [-0.4, -0.2) is 15.8 Å². The van der Waals surface area contributed by atoms with Crippen molar-refractivity contribution in [3.63, 3.8) is 0 Å². The highest BCUT2D eigenvalue weighted by Gasteiger charge is 2.40. The molecule has 0 spiro atoms. The minimum absolute atomic E-state index is 0.0214. The zero-order chi connectivity index (χ0) is 47.8. The highest BCUT2D eigenvalue weighted by molar-refractivity contribution is 6.98. The summed E-state index contributed by atoms with van der Waals surface area (Å²) < 4.78 is 106. The lowest BCUT2D eigenvalue weighted by Crippen LogP contribution is -2.57. The largest absolute Gasteiger partial charge is 0.458 e. The Morgan fingerprint density at radius 2 is 1.10 bits per heavy atom. The van der Waals surface area contributed by atoms with Crippen LogP contribution in [0.2, 0.25) is 0 Å². The number of furan rings is 1. The van der Waals surface area contributed by atoms with Crippen LogP contribution in [0.3, 0.4) is 0 Å². The summed E-state index contributed by atoms with van der Waals surface area (Å²) in [4.78, 5) is 0. The fourth-order valence-corrected chi connectivity index (χ4v) is 9.79. The van der Waals surface area contributed by atoms with E-state index >= 15 is 0 Å². The molecule has 6 heteroatoms. The summed E-state index contributed by atoms with van der Waals surface area (Å²) >= 11 is 0. The maximum Gasteiger partial charge on any atom is 0.260 e. The van der Waals surface area contributed by atoms with Gasteiger partial charge in [-0.15, -0.1) is 0 Å². The van der Waals surface area contributed by atoms with E-state index in [1.807, 2.05) is 42.5 Å². The zero-order valence-corrected chi connectivity index (χ0v) is 32.3. The molecule has 0 bridgehead atoms. The number of benzene rings is 9. The van der Waals surface area contributed by atoms with E-state index < -0.39 is 30.9 Å². The Morgan fingerprint density at radius 1 is 0.492 bits per heavy atom. The standard InChI is InChI=1S/C55H33BN2O3/c1-32-24-26-43-50(28-32)60-52-30-33(29-51-53(52)56(43)42-18-5-9-23-49(42)59-51)35-15-10-16-39-40-17-11-22-48(55(40)61-54(35)39)58-46-21-8-4-14-38(46)41-31-34(25-27-47(41)58)57-44-19-6-2-12-36(44)37-13-3-7-20-45(37)57/h2-31H,1H3/i5D,9D,18D,23D,24D,26D,28D,29D,30D. The Morgan fingerprint density at radius 3 is 1.87 bits per heavy atom. The van der Waals surface area contributed by atoms with Gasteiger partial charge in [-0.1, -0.05) is 115 Å². The Hall–Kier alpha value is -7.96. The lowest BCUT2D eigenvalue weighted by molar-refractivity contribution is 0.464. The van der Waals surface area contributed by atoms with Crippen LogP contribution < -0.4 is 25.9 Å². The number of hydrogen-bond donors (Lipinski definition) is 0. The van der Waals surface area contributed by atoms with Gasteiger partial charge >= 0.3 is 0 Å². The Balaban J connectivity index is 0.998. The maximum atomic E-state index is 9.87. The summed E-state index contributed by atoms with van der Waals surface area (Å²) in [7, 11) is 0. The van der Waals surface area contributed by atoms with E-state index in [0.29, 0.717) is 16.7 Å². The first-order valence-electron chi connectivity index (χ1n) is 24.6. The molecule has 5 heterocycles. The molecule has 284 valence electrons. The Kier molecular flexibility index (Phi) is 5.04. The van der Waals surface area contributed by atoms with Crippen molar-refractivity contribution < 1.29 is 26.2 Å². The highest BCUT2D eigenvalue weighted by atomic mass is 16.5. The lowest BCUT2D eigenvalue weighted by atomic mass is 9.35. The molecular weight excluding hydrogens is 747 g/mol. The van der Waals surface area contributed by atoms with Crippen molar-refractivity contribution in [2.24, 2.45) is 0 Å². The first-order valence-corrected chi connectivity index (χ1v) is 20.1. The van der Waals surface area contributed by atoms with Gasteiger partial charge in [0, 0.05) is 49.0 Å². The molecular formula is C55H33BN2O3. The van der Waals surface area contributed by atoms with E-state index in [2.05, 4.69) is 88.0 Å². The van der Waals surface area contributed by atoms with Crippen molar-refractivity contribution in [1.82, 2.24) is 9.13 Å². The number of rotatable bonds is 3. The van der Waals surface area contributed by atoms with E-state index in [-0.39, 0.29) is 80.7 Å². The normalized spacial score (nSPS) is 15.0. The molecule has 0 unspecified atom stereocenters. The Bertz CT molecular complexity index is 4250. The van der Waals surface area contributed by atoms with Crippen LogP contribution in [0.4, 0.5) is 0 Å². The molecule has 12 aromatic rings. The second-order valence-corrected chi connectivity index (χ2v) is 15.7. The van der Waals surface area contributed by atoms with Crippen LogP contribution in [-0.2, 0) is 0 Å². The maximum absolute atomic E-state index is 9.87. The van der Waals surface area contributed by atoms with Gasteiger partial charge in [0.15, 0.2) is 5.58 Å².